The van der Waals surface area contributed by atoms with Gasteiger partial charge in [0.1, 0.15) is 17.2 Å². The minimum absolute atomic E-state index is 0.0826. The summed E-state index contributed by atoms with van der Waals surface area (Å²) in [5, 5.41) is 9.69. The molecule has 0 bridgehead atoms. The van der Waals surface area contributed by atoms with Crippen LogP contribution in [-0.2, 0) is 22.4 Å². The fraction of sp³-hybridized carbons (Fsp3) is 0.100. The topological polar surface area (TPSA) is 75.6 Å². The van der Waals surface area contributed by atoms with Crippen LogP contribution in [-0.4, -0.2) is 13.5 Å². The summed E-state index contributed by atoms with van der Waals surface area (Å²) >= 11 is 11.6. The van der Waals surface area contributed by atoms with E-state index in [9.17, 15) is 39.9 Å². The number of phenolic OH excluding ortho intramolecular Hbond substituents is 1. The van der Waals surface area contributed by atoms with Crippen molar-refractivity contribution in [2.24, 2.45) is 0 Å². The third-order valence-electron chi connectivity index (χ3n) is 4.19. The molecule has 3 aromatic carbocycles. The molecule has 0 fully saturated rings. The van der Waals surface area contributed by atoms with Crippen LogP contribution in [0.4, 0.5) is 32.0 Å². The quantitative estimate of drug-likeness (QED) is 0.329. The van der Waals surface area contributed by atoms with Gasteiger partial charge >= 0.3 is 12.4 Å². The molecule has 34 heavy (non-hydrogen) atoms. The summed E-state index contributed by atoms with van der Waals surface area (Å²) in [6.45, 7) is 0. The molecule has 0 aliphatic carbocycles. The Bertz CT molecular complexity index is 1320. The highest BCUT2D eigenvalue weighted by atomic mass is 35.5. The second-order valence-electron chi connectivity index (χ2n) is 6.70. The van der Waals surface area contributed by atoms with Crippen LogP contribution in [0, 0.1) is 0 Å². The number of rotatable bonds is 5. The van der Waals surface area contributed by atoms with Gasteiger partial charge in [0, 0.05) is 16.1 Å². The maximum absolute atomic E-state index is 13.6. The first-order valence-corrected chi connectivity index (χ1v) is 11.1. The minimum atomic E-state index is -5.05. The summed E-state index contributed by atoms with van der Waals surface area (Å²) in [6, 6.07) is 7.12. The fourth-order valence-electron chi connectivity index (χ4n) is 2.75. The molecule has 14 heteroatoms. The van der Waals surface area contributed by atoms with Crippen molar-refractivity contribution in [3.05, 3.63) is 75.8 Å². The first-order valence-electron chi connectivity index (χ1n) is 8.84. The molecule has 0 aliphatic heterocycles. The second kappa shape index (κ2) is 9.08. The van der Waals surface area contributed by atoms with E-state index in [1.54, 1.807) is 0 Å². The summed E-state index contributed by atoms with van der Waals surface area (Å²) in [7, 11) is -4.70. The SMILES string of the molecule is O=S(=O)(Nc1ccc(C(F)(F)F)c(O)c1)c1ccc(Oc2cc(Cl)cc(Cl)c2)c(C(F)(F)F)c1. The van der Waals surface area contributed by atoms with Crippen molar-refractivity contribution >= 4 is 38.9 Å². The Morgan fingerprint density at radius 2 is 1.38 bits per heavy atom. The van der Waals surface area contributed by atoms with E-state index in [0.29, 0.717) is 18.2 Å². The zero-order chi connectivity index (χ0) is 25.5. The smallest absolute Gasteiger partial charge is 0.420 e. The lowest BCUT2D eigenvalue weighted by Gasteiger charge is -2.16. The van der Waals surface area contributed by atoms with Crippen LogP contribution < -0.4 is 9.46 Å². The van der Waals surface area contributed by atoms with Gasteiger partial charge in [-0.2, -0.15) is 26.3 Å². The number of hydrogen-bond acceptors (Lipinski definition) is 4. The number of sulfonamides is 1. The molecular formula is C20H11Cl2F6NO4S. The molecule has 0 heterocycles. The van der Waals surface area contributed by atoms with E-state index in [4.69, 9.17) is 27.9 Å². The number of nitrogens with one attached hydrogen (secondary N) is 1. The molecule has 3 rings (SSSR count). The van der Waals surface area contributed by atoms with E-state index in [1.807, 2.05) is 4.72 Å². The highest BCUT2D eigenvalue weighted by molar-refractivity contribution is 7.92. The van der Waals surface area contributed by atoms with Crippen LogP contribution in [0.2, 0.25) is 10.0 Å². The Hall–Kier alpha value is -2.83. The summed E-state index contributed by atoms with van der Waals surface area (Å²) in [5.74, 6) is -2.17. The normalized spacial score (nSPS) is 12.5. The number of phenols is 1. The number of anilines is 1. The molecule has 0 spiro atoms. The van der Waals surface area contributed by atoms with Crippen molar-refractivity contribution in [3.8, 4) is 17.2 Å². The molecule has 0 saturated carbocycles. The molecule has 0 saturated heterocycles. The van der Waals surface area contributed by atoms with Gasteiger partial charge in [-0.1, -0.05) is 23.2 Å². The van der Waals surface area contributed by atoms with Crippen LogP contribution in [0.1, 0.15) is 11.1 Å². The molecule has 0 radical (unpaired) electrons. The van der Waals surface area contributed by atoms with Crippen molar-refractivity contribution in [2.45, 2.75) is 17.2 Å². The average molecular weight is 546 g/mol. The van der Waals surface area contributed by atoms with Gasteiger partial charge in [0.2, 0.25) is 0 Å². The van der Waals surface area contributed by atoms with E-state index < -0.39 is 55.6 Å². The predicted molar refractivity (Wildman–Crippen MR) is 112 cm³/mol. The number of ether oxygens (including phenoxy) is 1. The molecule has 0 atom stereocenters. The van der Waals surface area contributed by atoms with Gasteiger partial charge in [0.25, 0.3) is 10.0 Å². The lowest BCUT2D eigenvalue weighted by molar-refractivity contribution is -0.139. The number of alkyl halides is 6. The number of hydrogen-bond donors (Lipinski definition) is 2. The van der Waals surface area contributed by atoms with E-state index >= 15 is 0 Å². The van der Waals surface area contributed by atoms with Gasteiger partial charge in [-0.3, -0.25) is 4.72 Å². The van der Waals surface area contributed by atoms with Gasteiger partial charge < -0.3 is 9.84 Å². The summed E-state index contributed by atoms with van der Waals surface area (Å²) < 4.78 is 111. The summed E-state index contributed by atoms with van der Waals surface area (Å²) in [6.07, 6.45) is -9.94. The third-order valence-corrected chi connectivity index (χ3v) is 6.00. The van der Waals surface area contributed by atoms with Gasteiger partial charge in [0.05, 0.1) is 21.7 Å². The minimum Gasteiger partial charge on any atom is -0.507 e. The Kier molecular flexibility index (Phi) is 6.89. The van der Waals surface area contributed by atoms with Crippen molar-refractivity contribution in [3.63, 3.8) is 0 Å². The van der Waals surface area contributed by atoms with E-state index in [2.05, 4.69) is 0 Å². The second-order valence-corrected chi connectivity index (χ2v) is 9.25. The van der Waals surface area contributed by atoms with Crippen molar-refractivity contribution in [1.29, 1.82) is 0 Å². The number of halogens is 8. The molecule has 5 nitrogen and oxygen atoms in total. The van der Waals surface area contributed by atoms with E-state index in [-0.39, 0.29) is 21.9 Å². The summed E-state index contributed by atoms with van der Waals surface area (Å²) in [4.78, 5) is -0.865. The summed E-state index contributed by atoms with van der Waals surface area (Å²) in [5.41, 5.74) is -3.38. The maximum Gasteiger partial charge on any atom is 0.420 e. The van der Waals surface area contributed by atoms with Crippen LogP contribution in [0.25, 0.3) is 0 Å². The monoisotopic (exact) mass is 545 g/mol. The molecule has 0 unspecified atom stereocenters. The van der Waals surface area contributed by atoms with Crippen molar-refractivity contribution < 1.29 is 44.6 Å². The van der Waals surface area contributed by atoms with Gasteiger partial charge in [-0.05, 0) is 48.5 Å². The van der Waals surface area contributed by atoms with Crippen LogP contribution >= 0.6 is 23.2 Å². The van der Waals surface area contributed by atoms with Crippen LogP contribution in [0.15, 0.2) is 59.5 Å². The highest BCUT2D eigenvalue weighted by Gasteiger charge is 2.37. The van der Waals surface area contributed by atoms with Crippen molar-refractivity contribution in [1.82, 2.24) is 0 Å². The molecule has 0 amide bonds. The molecule has 182 valence electrons. The zero-order valence-electron chi connectivity index (χ0n) is 16.3. The fourth-order valence-corrected chi connectivity index (χ4v) is 4.33. The van der Waals surface area contributed by atoms with Gasteiger partial charge in [-0.15, -0.1) is 0 Å². The first kappa shape index (κ1) is 25.8. The lowest BCUT2D eigenvalue weighted by Crippen LogP contribution is -2.15. The Morgan fingerprint density at radius 1 is 0.794 bits per heavy atom. The van der Waals surface area contributed by atoms with Crippen LogP contribution in [0.5, 0.6) is 17.2 Å². The molecule has 3 aromatic rings. The lowest BCUT2D eigenvalue weighted by atomic mass is 10.2. The predicted octanol–water partition coefficient (Wildman–Crippen LogP) is 7.33. The van der Waals surface area contributed by atoms with Crippen molar-refractivity contribution in [2.75, 3.05) is 4.72 Å². The Labute approximate surface area is 198 Å². The number of benzene rings is 3. The Balaban J connectivity index is 1.97. The molecular weight excluding hydrogens is 535 g/mol. The molecule has 0 aromatic heterocycles. The highest BCUT2D eigenvalue weighted by Crippen LogP contribution is 2.41. The van der Waals surface area contributed by atoms with Gasteiger partial charge in [0.15, 0.2) is 0 Å². The largest absolute Gasteiger partial charge is 0.507 e. The standard InChI is InChI=1S/C20H11Cl2F6NO4S/c21-10-5-11(22)7-13(6-10)33-18-4-2-14(9-16(18)20(26,27)28)34(31,32)29-12-1-3-15(17(30)8-12)19(23,24)25/h1-9,29-30H. The third kappa shape index (κ3) is 5.99. The van der Waals surface area contributed by atoms with Gasteiger partial charge in [-0.25, -0.2) is 8.42 Å². The zero-order valence-corrected chi connectivity index (χ0v) is 18.6. The van der Waals surface area contributed by atoms with Crippen LogP contribution in [0.3, 0.4) is 0 Å². The Morgan fingerprint density at radius 3 is 1.91 bits per heavy atom. The van der Waals surface area contributed by atoms with E-state index in [1.165, 1.54) is 18.2 Å². The van der Waals surface area contributed by atoms with E-state index in [0.717, 1.165) is 12.1 Å². The first-order chi connectivity index (χ1) is 15.6. The molecule has 0 aliphatic rings. The number of aromatic hydroxyl groups is 1. The maximum atomic E-state index is 13.6. The molecule has 2 N–H and O–H groups in total. The average Bonchev–Trinajstić information content (AvgIpc) is 2.65.